The molecule has 3 aromatic carbocycles. The van der Waals surface area contributed by atoms with Crippen molar-refractivity contribution in [3.63, 3.8) is 0 Å². The quantitative estimate of drug-likeness (QED) is 0.184. The van der Waals surface area contributed by atoms with E-state index in [0.29, 0.717) is 0 Å². The van der Waals surface area contributed by atoms with Crippen LogP contribution in [0.2, 0.25) is 0 Å². The number of pyridine rings is 3. The Morgan fingerprint density at radius 1 is 0.545 bits per heavy atom. The van der Waals surface area contributed by atoms with E-state index in [1.807, 2.05) is 79.3 Å². The van der Waals surface area contributed by atoms with Crippen molar-refractivity contribution < 1.29 is 0 Å². The molecule has 0 fully saturated rings. The Labute approximate surface area is 314 Å². The molecular weight excluding hydrogens is 681 g/mol. The highest BCUT2D eigenvalue weighted by Crippen LogP contribution is 2.45. The van der Waals surface area contributed by atoms with Gasteiger partial charge < -0.3 is 0 Å². The SMILES string of the molecule is c1ccc(N2c3cc(N(c4ccccn4)c4ccccn4)cc4c3B(c3nccnc32)c2cccc3c5c6nccnc6n(-c6ccccn6)c5n-4c23)cc1. The van der Waals surface area contributed by atoms with Crippen LogP contribution in [0, 0.1) is 0 Å². The fourth-order valence-corrected chi connectivity index (χ4v) is 8.60. The molecule has 9 heterocycles. The molecule has 2 aliphatic heterocycles. The summed E-state index contributed by atoms with van der Waals surface area (Å²) in [7, 11) is 0. The van der Waals surface area contributed by atoms with Crippen LogP contribution in [-0.2, 0) is 0 Å². The highest BCUT2D eigenvalue weighted by atomic mass is 15.3. The number of hydrogen-bond acceptors (Lipinski definition) is 9. The average molecular weight is 708 g/mol. The monoisotopic (exact) mass is 707 g/mol. The van der Waals surface area contributed by atoms with Gasteiger partial charge in [0, 0.05) is 65.8 Å². The molecule has 11 nitrogen and oxygen atoms in total. The predicted octanol–water partition coefficient (Wildman–Crippen LogP) is 6.58. The Kier molecular flexibility index (Phi) is 6.17. The molecule has 0 N–H and O–H groups in total. The first-order chi connectivity index (χ1) is 27.3. The lowest BCUT2D eigenvalue weighted by Crippen LogP contribution is -2.61. The third kappa shape index (κ3) is 4.13. The van der Waals surface area contributed by atoms with E-state index in [1.54, 1.807) is 24.8 Å². The van der Waals surface area contributed by atoms with E-state index in [4.69, 9.17) is 34.9 Å². The summed E-state index contributed by atoms with van der Waals surface area (Å²) in [6.07, 6.45) is 12.5. The Morgan fingerprint density at radius 2 is 1.25 bits per heavy atom. The highest BCUT2D eigenvalue weighted by Gasteiger charge is 2.45. The molecule has 55 heavy (non-hydrogen) atoms. The van der Waals surface area contributed by atoms with Crippen LogP contribution in [0.1, 0.15) is 0 Å². The number of nitrogens with zero attached hydrogens (tertiary/aromatic N) is 11. The lowest BCUT2D eigenvalue weighted by Gasteiger charge is -2.39. The summed E-state index contributed by atoms with van der Waals surface area (Å²) in [5.74, 6) is 3.01. The van der Waals surface area contributed by atoms with Gasteiger partial charge in [0.15, 0.2) is 11.5 Å². The van der Waals surface area contributed by atoms with Gasteiger partial charge in [-0.2, -0.15) is 0 Å². The third-order valence-electron chi connectivity index (χ3n) is 10.6. The zero-order chi connectivity index (χ0) is 36.0. The zero-order valence-electron chi connectivity index (χ0n) is 29.0. The number of benzene rings is 3. The van der Waals surface area contributed by atoms with Crippen molar-refractivity contribution in [3.8, 4) is 11.5 Å². The molecule has 0 spiro atoms. The Morgan fingerprint density at radius 3 is 2.02 bits per heavy atom. The maximum absolute atomic E-state index is 5.11. The minimum Gasteiger partial charge on any atom is -0.296 e. The number of hydrogen-bond donors (Lipinski definition) is 0. The molecule has 0 unspecified atom stereocenters. The average Bonchev–Trinajstić information content (AvgIpc) is 3.77. The largest absolute Gasteiger partial charge is 0.296 e. The van der Waals surface area contributed by atoms with Gasteiger partial charge in [0.25, 0.3) is 6.71 Å². The minimum atomic E-state index is -0.211. The lowest BCUT2D eigenvalue weighted by molar-refractivity contribution is 1.00. The van der Waals surface area contributed by atoms with Crippen LogP contribution in [0.3, 0.4) is 0 Å². The molecule has 0 amide bonds. The predicted molar refractivity (Wildman–Crippen MR) is 216 cm³/mol. The summed E-state index contributed by atoms with van der Waals surface area (Å²) in [6.45, 7) is -0.211. The van der Waals surface area contributed by atoms with E-state index < -0.39 is 0 Å². The second-order valence-corrected chi connectivity index (χ2v) is 13.5. The number of anilines is 6. The second-order valence-electron chi connectivity index (χ2n) is 13.5. The van der Waals surface area contributed by atoms with E-state index in [1.165, 1.54) is 0 Å². The molecule has 256 valence electrons. The van der Waals surface area contributed by atoms with Crippen LogP contribution in [-0.4, -0.2) is 50.7 Å². The van der Waals surface area contributed by atoms with E-state index in [2.05, 4.69) is 73.5 Å². The first-order valence-electron chi connectivity index (χ1n) is 18.0. The van der Waals surface area contributed by atoms with Crippen LogP contribution in [0.5, 0.6) is 0 Å². The molecule has 0 radical (unpaired) electrons. The lowest BCUT2D eigenvalue weighted by atomic mass is 9.35. The van der Waals surface area contributed by atoms with Gasteiger partial charge in [0.2, 0.25) is 0 Å². The van der Waals surface area contributed by atoms with Gasteiger partial charge >= 0.3 is 0 Å². The number of para-hydroxylation sites is 2. The van der Waals surface area contributed by atoms with Gasteiger partial charge in [-0.05, 0) is 71.6 Å². The smallest absolute Gasteiger partial charge is 0.277 e. The van der Waals surface area contributed by atoms with E-state index in [0.717, 1.165) is 95.6 Å². The van der Waals surface area contributed by atoms with Crippen molar-refractivity contribution in [2.24, 2.45) is 0 Å². The number of fused-ring (bicyclic) bond motifs is 9. The zero-order valence-corrected chi connectivity index (χ0v) is 29.0. The second kappa shape index (κ2) is 11.4. The summed E-state index contributed by atoms with van der Waals surface area (Å²) < 4.78 is 4.53. The van der Waals surface area contributed by atoms with E-state index in [-0.39, 0.29) is 6.71 Å². The topological polar surface area (TPSA) is 107 Å². The molecule has 10 aromatic rings. The molecule has 0 saturated heterocycles. The van der Waals surface area contributed by atoms with Gasteiger partial charge in [0.05, 0.1) is 22.2 Å². The molecule has 0 aliphatic carbocycles. The van der Waals surface area contributed by atoms with Crippen molar-refractivity contribution in [1.82, 2.24) is 44.0 Å². The molecule has 0 atom stereocenters. The number of rotatable bonds is 5. The van der Waals surface area contributed by atoms with E-state index >= 15 is 0 Å². The van der Waals surface area contributed by atoms with Crippen LogP contribution < -0.4 is 26.3 Å². The standard InChI is InChI=1S/C43H26BN11/c1-2-11-27(12-3-1)52-31-25-28(53(33-15-4-7-18-45-33)34-16-5-8-19-46-34)26-32-37(31)44(40-42(52)51-24-22-49-40)30-14-10-13-29-36-38-41(50-23-21-48-38)55(35-17-6-9-20-47-35)43(36)54(32)39(29)30/h1-26H. The molecule has 0 bridgehead atoms. The summed E-state index contributed by atoms with van der Waals surface area (Å²) in [4.78, 5) is 38.9. The fraction of sp³-hybridized carbons (Fsp3) is 0. The van der Waals surface area contributed by atoms with Crippen LogP contribution in [0.4, 0.5) is 34.5 Å². The summed E-state index contributed by atoms with van der Waals surface area (Å²) >= 11 is 0. The normalized spacial score (nSPS) is 12.7. The molecule has 0 saturated carbocycles. The highest BCUT2D eigenvalue weighted by molar-refractivity contribution is 6.99. The van der Waals surface area contributed by atoms with Crippen LogP contribution in [0.15, 0.2) is 159 Å². The van der Waals surface area contributed by atoms with Gasteiger partial charge in [0.1, 0.15) is 28.6 Å². The van der Waals surface area contributed by atoms with Crippen molar-refractivity contribution in [2.45, 2.75) is 0 Å². The van der Waals surface area contributed by atoms with E-state index in [9.17, 15) is 0 Å². The number of aromatic nitrogens is 9. The molecule has 7 aromatic heterocycles. The molecule has 12 heteroatoms. The molecule has 12 rings (SSSR count). The van der Waals surface area contributed by atoms with Gasteiger partial charge in [-0.3, -0.25) is 28.9 Å². The minimum absolute atomic E-state index is 0.211. The van der Waals surface area contributed by atoms with Crippen molar-refractivity contribution in [3.05, 3.63) is 159 Å². The fourth-order valence-electron chi connectivity index (χ4n) is 8.60. The van der Waals surface area contributed by atoms with Gasteiger partial charge in [-0.1, -0.05) is 54.6 Å². The molecular formula is C43H26BN11. The van der Waals surface area contributed by atoms with Gasteiger partial charge in [-0.25, -0.2) is 24.9 Å². The van der Waals surface area contributed by atoms with Crippen molar-refractivity contribution in [1.29, 1.82) is 0 Å². The van der Waals surface area contributed by atoms with Crippen LogP contribution in [0.25, 0.3) is 44.6 Å². The van der Waals surface area contributed by atoms with Crippen molar-refractivity contribution in [2.75, 3.05) is 9.80 Å². The van der Waals surface area contributed by atoms with Crippen molar-refractivity contribution >= 4 is 90.8 Å². The Balaban J connectivity index is 1.29. The summed E-state index contributed by atoms with van der Waals surface area (Å²) in [5.41, 5.74) is 10.5. The van der Waals surface area contributed by atoms with Crippen LogP contribution >= 0.6 is 0 Å². The Hall–Kier alpha value is -7.73. The maximum Gasteiger partial charge on any atom is 0.277 e. The molecule has 2 aliphatic rings. The maximum atomic E-state index is 5.11. The summed E-state index contributed by atoms with van der Waals surface area (Å²) in [5, 5.41) is 2.08. The van der Waals surface area contributed by atoms with Gasteiger partial charge in [-0.15, -0.1) is 0 Å². The third-order valence-corrected chi connectivity index (χ3v) is 10.6. The summed E-state index contributed by atoms with van der Waals surface area (Å²) in [6, 6.07) is 39.3. The first kappa shape index (κ1) is 29.8. The Bertz CT molecular complexity index is 3080. The first-order valence-corrected chi connectivity index (χ1v) is 18.0.